The maximum absolute atomic E-state index is 12.9. The number of carbonyl (C=O) groups is 2. The maximum Gasteiger partial charge on any atom is 0.329 e. The number of rotatable bonds is 8. The fourth-order valence-corrected chi connectivity index (χ4v) is 3.13. The SMILES string of the molecule is COC(=O)C(CS)NC(=O)c1ccc(COc2cccnc2)cc1-c1ccccc1. The average molecular weight is 423 g/mol. The molecule has 1 amide bonds. The second kappa shape index (κ2) is 10.5. The molecule has 0 fully saturated rings. The number of amides is 1. The number of hydrogen-bond donors (Lipinski definition) is 2. The molecule has 0 radical (unpaired) electrons. The van der Waals surface area contributed by atoms with Crippen LogP contribution < -0.4 is 10.1 Å². The van der Waals surface area contributed by atoms with Crippen molar-refractivity contribution in [3.8, 4) is 16.9 Å². The fourth-order valence-electron chi connectivity index (χ4n) is 2.89. The summed E-state index contributed by atoms with van der Waals surface area (Å²) in [5.41, 5.74) is 2.96. The molecule has 0 aliphatic carbocycles. The quantitative estimate of drug-likeness (QED) is 0.429. The molecule has 3 rings (SSSR count). The lowest BCUT2D eigenvalue weighted by molar-refractivity contribution is -0.142. The lowest BCUT2D eigenvalue weighted by atomic mass is 9.96. The number of pyridine rings is 1. The molecular formula is C23H22N2O4S. The Kier molecular flexibility index (Phi) is 7.45. The van der Waals surface area contributed by atoms with Crippen molar-refractivity contribution in [3.05, 3.63) is 84.2 Å². The van der Waals surface area contributed by atoms with Gasteiger partial charge in [0.25, 0.3) is 5.91 Å². The molecule has 7 heteroatoms. The summed E-state index contributed by atoms with van der Waals surface area (Å²) in [6.45, 7) is 0.328. The van der Waals surface area contributed by atoms with Gasteiger partial charge in [0.05, 0.1) is 13.3 Å². The molecule has 0 spiro atoms. The topological polar surface area (TPSA) is 77.5 Å². The summed E-state index contributed by atoms with van der Waals surface area (Å²) >= 11 is 4.13. The van der Waals surface area contributed by atoms with Gasteiger partial charge < -0.3 is 14.8 Å². The highest BCUT2D eigenvalue weighted by Gasteiger charge is 2.22. The second-order valence-corrected chi connectivity index (χ2v) is 6.82. The van der Waals surface area contributed by atoms with Crippen molar-refractivity contribution in [2.24, 2.45) is 0 Å². The van der Waals surface area contributed by atoms with Crippen LogP contribution in [0, 0.1) is 0 Å². The number of nitrogens with zero attached hydrogens (tertiary/aromatic N) is 1. The highest BCUT2D eigenvalue weighted by Crippen LogP contribution is 2.26. The van der Waals surface area contributed by atoms with E-state index in [0.29, 0.717) is 17.9 Å². The summed E-state index contributed by atoms with van der Waals surface area (Å²) < 4.78 is 10.5. The second-order valence-electron chi connectivity index (χ2n) is 6.46. The van der Waals surface area contributed by atoms with Gasteiger partial charge in [0.15, 0.2) is 0 Å². The highest BCUT2D eigenvalue weighted by atomic mass is 32.1. The third kappa shape index (κ3) is 5.39. The van der Waals surface area contributed by atoms with Gasteiger partial charge in [-0.1, -0.05) is 36.4 Å². The van der Waals surface area contributed by atoms with Crippen LogP contribution in [0.4, 0.5) is 0 Å². The molecule has 3 aromatic rings. The first-order valence-electron chi connectivity index (χ1n) is 9.33. The first-order chi connectivity index (χ1) is 14.6. The number of aromatic nitrogens is 1. The summed E-state index contributed by atoms with van der Waals surface area (Å²) in [5, 5.41) is 2.69. The van der Waals surface area contributed by atoms with E-state index in [1.165, 1.54) is 7.11 Å². The Morgan fingerprint density at radius 3 is 2.57 bits per heavy atom. The van der Waals surface area contributed by atoms with E-state index in [-0.39, 0.29) is 11.7 Å². The Morgan fingerprint density at radius 2 is 1.90 bits per heavy atom. The van der Waals surface area contributed by atoms with Crippen LogP contribution in [0.25, 0.3) is 11.1 Å². The molecule has 1 unspecified atom stereocenters. The average Bonchev–Trinajstić information content (AvgIpc) is 2.81. The largest absolute Gasteiger partial charge is 0.487 e. The number of methoxy groups -OCH3 is 1. The van der Waals surface area contributed by atoms with Crippen LogP contribution in [-0.4, -0.2) is 35.8 Å². The normalized spacial score (nSPS) is 11.4. The van der Waals surface area contributed by atoms with Crippen molar-refractivity contribution in [1.29, 1.82) is 0 Å². The summed E-state index contributed by atoms with van der Waals surface area (Å²) in [6.07, 6.45) is 3.32. The molecule has 0 saturated heterocycles. The van der Waals surface area contributed by atoms with E-state index in [1.54, 1.807) is 24.5 Å². The van der Waals surface area contributed by atoms with Gasteiger partial charge in [0.1, 0.15) is 18.4 Å². The minimum absolute atomic E-state index is 0.135. The number of thiol groups is 1. The summed E-state index contributed by atoms with van der Waals surface area (Å²) in [6, 6.07) is 17.8. The first kappa shape index (κ1) is 21.4. The predicted octanol–water partition coefficient (Wildman–Crippen LogP) is 3.53. The molecule has 0 bridgehead atoms. The van der Waals surface area contributed by atoms with E-state index in [9.17, 15) is 9.59 Å². The zero-order chi connectivity index (χ0) is 21.3. The van der Waals surface area contributed by atoms with E-state index >= 15 is 0 Å². The zero-order valence-corrected chi connectivity index (χ0v) is 17.3. The maximum atomic E-state index is 12.9. The zero-order valence-electron chi connectivity index (χ0n) is 16.4. The van der Waals surface area contributed by atoms with E-state index in [0.717, 1.165) is 16.7 Å². The van der Waals surface area contributed by atoms with Crippen LogP contribution in [0.3, 0.4) is 0 Å². The highest BCUT2D eigenvalue weighted by molar-refractivity contribution is 7.80. The Bertz CT molecular complexity index is 997. The number of ether oxygens (including phenoxy) is 2. The van der Waals surface area contributed by atoms with Gasteiger partial charge in [-0.2, -0.15) is 12.6 Å². The van der Waals surface area contributed by atoms with Crippen molar-refractivity contribution in [2.45, 2.75) is 12.6 Å². The molecule has 1 aromatic heterocycles. The Morgan fingerprint density at radius 1 is 1.10 bits per heavy atom. The molecule has 2 aromatic carbocycles. The van der Waals surface area contributed by atoms with Crippen molar-refractivity contribution < 1.29 is 19.1 Å². The Labute approximate surface area is 180 Å². The van der Waals surface area contributed by atoms with Gasteiger partial charge in [-0.15, -0.1) is 0 Å². The smallest absolute Gasteiger partial charge is 0.329 e. The molecule has 0 saturated carbocycles. The van der Waals surface area contributed by atoms with Crippen molar-refractivity contribution in [1.82, 2.24) is 10.3 Å². The minimum Gasteiger partial charge on any atom is -0.487 e. The summed E-state index contributed by atoms with van der Waals surface area (Å²) in [4.78, 5) is 28.8. The third-order valence-corrected chi connectivity index (χ3v) is 4.79. The molecule has 1 heterocycles. The van der Waals surface area contributed by atoms with E-state index in [4.69, 9.17) is 9.47 Å². The van der Waals surface area contributed by atoms with E-state index < -0.39 is 12.0 Å². The summed E-state index contributed by atoms with van der Waals surface area (Å²) in [5.74, 6) is -0.120. The number of esters is 1. The predicted molar refractivity (Wildman–Crippen MR) is 118 cm³/mol. The van der Waals surface area contributed by atoms with Crippen LogP contribution in [0.15, 0.2) is 73.1 Å². The van der Waals surface area contributed by atoms with Crippen LogP contribution in [0.5, 0.6) is 5.75 Å². The van der Waals surface area contributed by atoms with Gasteiger partial charge in [0, 0.05) is 17.5 Å². The van der Waals surface area contributed by atoms with E-state index in [2.05, 4.69) is 22.9 Å². The number of nitrogens with one attached hydrogen (secondary N) is 1. The fraction of sp³-hybridized carbons (Fsp3) is 0.174. The molecule has 0 aliphatic heterocycles. The minimum atomic E-state index is -0.831. The van der Waals surface area contributed by atoms with Crippen LogP contribution >= 0.6 is 12.6 Å². The van der Waals surface area contributed by atoms with Crippen LogP contribution in [0.1, 0.15) is 15.9 Å². The molecular weight excluding hydrogens is 400 g/mol. The third-order valence-electron chi connectivity index (χ3n) is 4.43. The number of hydrogen-bond acceptors (Lipinski definition) is 6. The van der Waals surface area contributed by atoms with Gasteiger partial charge >= 0.3 is 5.97 Å². The van der Waals surface area contributed by atoms with Crippen molar-refractivity contribution in [2.75, 3.05) is 12.9 Å². The van der Waals surface area contributed by atoms with Crippen molar-refractivity contribution in [3.63, 3.8) is 0 Å². The van der Waals surface area contributed by atoms with E-state index in [1.807, 2.05) is 48.5 Å². The molecule has 6 nitrogen and oxygen atoms in total. The molecule has 0 aliphatic rings. The lowest BCUT2D eigenvalue weighted by Crippen LogP contribution is -2.43. The monoisotopic (exact) mass is 422 g/mol. The molecule has 154 valence electrons. The molecule has 1 atom stereocenters. The van der Waals surface area contributed by atoms with Gasteiger partial charge in [-0.3, -0.25) is 9.78 Å². The Balaban J connectivity index is 1.88. The molecule has 1 N–H and O–H groups in total. The van der Waals surface area contributed by atoms with Crippen LogP contribution in [-0.2, 0) is 16.1 Å². The molecule has 30 heavy (non-hydrogen) atoms. The van der Waals surface area contributed by atoms with Crippen LogP contribution in [0.2, 0.25) is 0 Å². The number of benzene rings is 2. The summed E-state index contributed by atoms with van der Waals surface area (Å²) in [7, 11) is 1.28. The van der Waals surface area contributed by atoms with Gasteiger partial charge in [0.2, 0.25) is 0 Å². The van der Waals surface area contributed by atoms with Crippen molar-refractivity contribution >= 4 is 24.5 Å². The lowest BCUT2D eigenvalue weighted by Gasteiger charge is -2.17. The first-order valence-corrected chi connectivity index (χ1v) is 9.96. The van der Waals surface area contributed by atoms with Gasteiger partial charge in [-0.05, 0) is 41.0 Å². The standard InChI is InChI=1S/C23H22N2O4S/c1-28-23(27)21(15-30)25-22(26)19-10-9-16(14-29-18-8-5-11-24-13-18)12-20(19)17-6-3-2-4-7-17/h2-13,21,30H,14-15H2,1H3,(H,25,26). The Hall–Kier alpha value is -3.32. The number of carbonyl (C=O) groups excluding carboxylic acids is 2. The van der Waals surface area contributed by atoms with Gasteiger partial charge in [-0.25, -0.2) is 4.79 Å².